The van der Waals surface area contributed by atoms with E-state index in [1.807, 2.05) is 0 Å². The summed E-state index contributed by atoms with van der Waals surface area (Å²) in [6.07, 6.45) is 1.56. The largest absolute Gasteiger partial charge is 0.322 e. The van der Waals surface area contributed by atoms with Crippen LogP contribution in [-0.2, 0) is 20.8 Å². The summed E-state index contributed by atoms with van der Waals surface area (Å²) in [6, 6.07) is 11.1. The molecule has 1 unspecified atom stereocenters. The second kappa shape index (κ2) is 7.25. The molecular formula is C16H18N2O4S2. The van der Waals surface area contributed by atoms with Gasteiger partial charge in [0, 0.05) is 33.2 Å². The van der Waals surface area contributed by atoms with Crippen molar-refractivity contribution < 1.29 is 17.4 Å². The van der Waals surface area contributed by atoms with Crippen molar-refractivity contribution >= 4 is 32.4 Å². The highest BCUT2D eigenvalue weighted by Crippen LogP contribution is 2.20. The predicted octanol–water partition coefficient (Wildman–Crippen LogP) is 1.89. The maximum Gasteiger partial charge on any atom is 0.255 e. The van der Waals surface area contributed by atoms with Gasteiger partial charge in [0.25, 0.3) is 5.91 Å². The number of nitrogens with one attached hydrogen (secondary N) is 2. The molecule has 2 aromatic carbocycles. The van der Waals surface area contributed by atoms with Crippen molar-refractivity contribution in [2.75, 3.05) is 18.6 Å². The van der Waals surface area contributed by atoms with Gasteiger partial charge in [0.2, 0.25) is 10.0 Å². The quantitative estimate of drug-likeness (QED) is 0.845. The molecule has 0 fully saturated rings. The molecule has 2 N–H and O–H groups in total. The van der Waals surface area contributed by atoms with Crippen molar-refractivity contribution in [2.45, 2.75) is 16.7 Å². The van der Waals surface area contributed by atoms with Gasteiger partial charge >= 0.3 is 0 Å². The highest BCUT2D eigenvalue weighted by molar-refractivity contribution is 7.89. The molecule has 0 radical (unpaired) electrons. The molecule has 0 saturated carbocycles. The number of carbonyl (C=O) groups is 1. The zero-order valence-corrected chi connectivity index (χ0v) is 15.1. The molecule has 0 spiro atoms. The molecule has 0 aliphatic carbocycles. The second-order valence-corrected chi connectivity index (χ2v) is 8.36. The second-order valence-electron chi connectivity index (χ2n) is 5.12. The van der Waals surface area contributed by atoms with Gasteiger partial charge in [0.05, 0.1) is 4.90 Å². The maximum absolute atomic E-state index is 12.3. The van der Waals surface area contributed by atoms with E-state index < -0.39 is 20.8 Å². The number of aryl methyl sites for hydroxylation is 1. The van der Waals surface area contributed by atoms with Crippen LogP contribution in [0, 0.1) is 6.92 Å². The van der Waals surface area contributed by atoms with Gasteiger partial charge in [-0.2, -0.15) is 0 Å². The lowest BCUT2D eigenvalue weighted by Gasteiger charge is -2.10. The Bertz CT molecular complexity index is 891. The minimum Gasteiger partial charge on any atom is -0.322 e. The topological polar surface area (TPSA) is 92.3 Å². The van der Waals surface area contributed by atoms with Crippen LogP contribution in [0.3, 0.4) is 0 Å². The summed E-state index contributed by atoms with van der Waals surface area (Å²) < 4.78 is 37.6. The molecule has 8 heteroatoms. The summed E-state index contributed by atoms with van der Waals surface area (Å²) in [5.74, 6) is -0.375. The third-order valence-corrected chi connectivity index (χ3v) is 5.95. The van der Waals surface area contributed by atoms with Gasteiger partial charge in [-0.15, -0.1) is 0 Å². The van der Waals surface area contributed by atoms with Gasteiger partial charge in [-0.05, 0) is 55.9 Å². The van der Waals surface area contributed by atoms with E-state index >= 15 is 0 Å². The Kier molecular flexibility index (Phi) is 5.53. The highest BCUT2D eigenvalue weighted by Gasteiger charge is 2.16. The number of hydrogen-bond donors (Lipinski definition) is 2. The van der Waals surface area contributed by atoms with Gasteiger partial charge in [-0.1, -0.05) is 6.07 Å². The molecule has 0 aromatic heterocycles. The van der Waals surface area contributed by atoms with Gasteiger partial charge in [-0.3, -0.25) is 9.00 Å². The fourth-order valence-corrected chi connectivity index (χ4v) is 3.59. The molecule has 0 saturated heterocycles. The molecule has 1 atom stereocenters. The summed E-state index contributed by atoms with van der Waals surface area (Å²) >= 11 is 0. The fourth-order valence-electron chi connectivity index (χ4n) is 2.08. The number of amides is 1. The maximum atomic E-state index is 12.3. The summed E-state index contributed by atoms with van der Waals surface area (Å²) in [5, 5.41) is 2.66. The number of carbonyl (C=O) groups excluding carboxylic acids is 1. The predicted molar refractivity (Wildman–Crippen MR) is 94.2 cm³/mol. The van der Waals surface area contributed by atoms with Crippen LogP contribution in [0.15, 0.2) is 52.3 Å². The Hall–Kier alpha value is -2.03. The molecule has 24 heavy (non-hydrogen) atoms. The Morgan fingerprint density at radius 2 is 1.71 bits per heavy atom. The molecule has 0 aliphatic rings. The lowest BCUT2D eigenvalue weighted by molar-refractivity contribution is 0.102. The van der Waals surface area contributed by atoms with Crippen LogP contribution < -0.4 is 10.0 Å². The lowest BCUT2D eigenvalue weighted by atomic mass is 10.2. The van der Waals surface area contributed by atoms with Crippen molar-refractivity contribution in [3.8, 4) is 0 Å². The Balaban J connectivity index is 2.26. The first kappa shape index (κ1) is 18.3. The standard InChI is InChI=1S/C16H18N2O4S2/c1-11-4-7-13(10-15(11)24(21,22)17-2)18-16(19)12-5-8-14(9-6-12)23(3)20/h4-10,17H,1-3H3,(H,18,19). The zero-order chi connectivity index (χ0) is 17.9. The SMILES string of the molecule is CNS(=O)(=O)c1cc(NC(=O)c2ccc(S(C)=O)cc2)ccc1C. The summed E-state index contributed by atoms with van der Waals surface area (Å²) in [7, 11) is -3.38. The molecular weight excluding hydrogens is 348 g/mol. The smallest absolute Gasteiger partial charge is 0.255 e. The molecule has 0 aliphatic heterocycles. The van der Waals surface area contributed by atoms with E-state index in [1.54, 1.807) is 49.6 Å². The van der Waals surface area contributed by atoms with E-state index in [0.29, 0.717) is 21.7 Å². The minimum absolute atomic E-state index is 0.111. The van der Waals surface area contributed by atoms with Gasteiger partial charge < -0.3 is 5.32 Å². The summed E-state index contributed by atoms with van der Waals surface area (Å²) in [5.41, 5.74) is 1.35. The highest BCUT2D eigenvalue weighted by atomic mass is 32.2. The van der Waals surface area contributed by atoms with Gasteiger partial charge in [-0.25, -0.2) is 13.1 Å². The molecule has 2 aromatic rings. The van der Waals surface area contributed by atoms with E-state index in [9.17, 15) is 17.4 Å². The fraction of sp³-hybridized carbons (Fsp3) is 0.188. The van der Waals surface area contributed by atoms with Crippen LogP contribution >= 0.6 is 0 Å². The van der Waals surface area contributed by atoms with E-state index in [1.165, 1.54) is 13.1 Å². The van der Waals surface area contributed by atoms with Crippen LogP contribution in [-0.4, -0.2) is 31.8 Å². The molecule has 1 amide bonds. The van der Waals surface area contributed by atoms with Gasteiger partial charge in [0.15, 0.2) is 0 Å². The number of rotatable bonds is 5. The number of sulfonamides is 1. The monoisotopic (exact) mass is 366 g/mol. The van der Waals surface area contributed by atoms with Crippen LogP contribution in [0.1, 0.15) is 15.9 Å². The van der Waals surface area contributed by atoms with Crippen molar-refractivity contribution in [3.05, 3.63) is 53.6 Å². The molecule has 6 nitrogen and oxygen atoms in total. The summed E-state index contributed by atoms with van der Waals surface area (Å²) in [6.45, 7) is 1.68. The van der Waals surface area contributed by atoms with Gasteiger partial charge in [0.1, 0.15) is 0 Å². The Labute approximate surface area is 143 Å². The van der Waals surface area contributed by atoms with E-state index in [4.69, 9.17) is 0 Å². The normalized spacial score (nSPS) is 12.6. The first-order chi connectivity index (χ1) is 11.2. The average Bonchev–Trinajstić information content (AvgIpc) is 2.56. The first-order valence-corrected chi connectivity index (χ1v) is 10.1. The van der Waals surface area contributed by atoms with Crippen LogP contribution in [0.5, 0.6) is 0 Å². The number of hydrogen-bond acceptors (Lipinski definition) is 4. The number of anilines is 1. The van der Waals surface area contributed by atoms with Crippen LogP contribution in [0.4, 0.5) is 5.69 Å². The van der Waals surface area contributed by atoms with Crippen molar-refractivity contribution in [1.82, 2.24) is 4.72 Å². The molecule has 128 valence electrons. The minimum atomic E-state index is -3.60. The lowest BCUT2D eigenvalue weighted by Crippen LogP contribution is -2.20. The summed E-state index contributed by atoms with van der Waals surface area (Å²) in [4.78, 5) is 13.0. The van der Waals surface area contributed by atoms with E-state index in [0.717, 1.165) is 0 Å². The van der Waals surface area contributed by atoms with Crippen LogP contribution in [0.25, 0.3) is 0 Å². The van der Waals surface area contributed by atoms with Crippen molar-refractivity contribution in [3.63, 3.8) is 0 Å². The molecule has 2 rings (SSSR count). The van der Waals surface area contributed by atoms with Crippen LogP contribution in [0.2, 0.25) is 0 Å². The molecule has 0 bridgehead atoms. The first-order valence-electron chi connectivity index (χ1n) is 7.03. The van der Waals surface area contributed by atoms with Crippen molar-refractivity contribution in [2.24, 2.45) is 0 Å². The van der Waals surface area contributed by atoms with E-state index in [-0.39, 0.29) is 10.8 Å². The van der Waals surface area contributed by atoms with Crippen molar-refractivity contribution in [1.29, 1.82) is 0 Å². The average molecular weight is 366 g/mol. The number of benzene rings is 2. The zero-order valence-electron chi connectivity index (χ0n) is 13.5. The molecule has 0 heterocycles. The Morgan fingerprint density at radius 1 is 1.08 bits per heavy atom. The van der Waals surface area contributed by atoms with E-state index in [2.05, 4.69) is 10.0 Å². The Morgan fingerprint density at radius 3 is 2.25 bits per heavy atom. The third-order valence-electron chi connectivity index (χ3n) is 3.45. The third kappa shape index (κ3) is 4.08.